The summed E-state index contributed by atoms with van der Waals surface area (Å²) in [6.07, 6.45) is 5.70. The molecule has 2 aliphatic heterocycles. The Labute approximate surface area is 281 Å². The fourth-order valence-corrected chi connectivity index (χ4v) is 6.34. The molecular formula is C39H58FN4OP. The number of nitrogens with one attached hydrogen (secondary N) is 1. The van der Waals surface area contributed by atoms with Crippen LogP contribution in [-0.4, -0.2) is 49.4 Å². The fraction of sp³-hybridized carbons (Fsp3) is 0.513. The van der Waals surface area contributed by atoms with Gasteiger partial charge in [-0.05, 0) is 78.4 Å². The lowest BCUT2D eigenvalue weighted by molar-refractivity contribution is 0.0510. The number of hydrogen-bond acceptors (Lipinski definition) is 5. The Morgan fingerprint density at radius 2 is 1.72 bits per heavy atom. The van der Waals surface area contributed by atoms with E-state index < -0.39 is 0 Å². The van der Waals surface area contributed by atoms with Crippen molar-refractivity contribution in [3.05, 3.63) is 88.7 Å². The number of piperazine rings is 1. The minimum Gasteiger partial charge on any atom is -0.391 e. The van der Waals surface area contributed by atoms with Crippen molar-refractivity contribution in [1.82, 2.24) is 4.90 Å². The Morgan fingerprint density at radius 1 is 0.978 bits per heavy atom. The van der Waals surface area contributed by atoms with Gasteiger partial charge in [0.25, 0.3) is 0 Å². The van der Waals surface area contributed by atoms with Crippen molar-refractivity contribution in [1.29, 1.82) is 0 Å². The molecule has 0 bridgehead atoms. The Bertz CT molecular complexity index is 1350. The number of aryl methyl sites for hydroxylation is 2. The zero-order valence-corrected chi connectivity index (χ0v) is 30.6. The molecule has 0 aliphatic carbocycles. The van der Waals surface area contributed by atoms with Crippen LogP contribution in [-0.2, 0) is 24.2 Å². The van der Waals surface area contributed by atoms with Gasteiger partial charge in [-0.3, -0.25) is 4.90 Å². The number of hydrogen-bond donors (Lipinski definition) is 1. The third-order valence-corrected chi connectivity index (χ3v) is 9.02. The molecule has 0 aromatic heterocycles. The van der Waals surface area contributed by atoms with Crippen molar-refractivity contribution >= 4 is 31.6 Å². The molecule has 252 valence electrons. The van der Waals surface area contributed by atoms with Gasteiger partial charge in [0.05, 0.1) is 5.71 Å². The number of para-hydroxylation sites is 1. The van der Waals surface area contributed by atoms with Gasteiger partial charge in [0.15, 0.2) is 0 Å². The number of benzene rings is 3. The first-order valence-electron chi connectivity index (χ1n) is 17.4. The largest absolute Gasteiger partial charge is 0.391 e. The maximum Gasteiger partial charge on any atom is 0.145 e. The van der Waals surface area contributed by atoms with E-state index in [1.54, 1.807) is 6.07 Å². The molecule has 5 rings (SSSR count). The van der Waals surface area contributed by atoms with Crippen molar-refractivity contribution in [3.8, 4) is 0 Å². The summed E-state index contributed by atoms with van der Waals surface area (Å²) in [7, 11) is 2.58. The molecule has 2 aliphatic rings. The average Bonchev–Trinajstić information content (AvgIpc) is 3.51. The number of oxime groups is 1. The van der Waals surface area contributed by atoms with E-state index in [-0.39, 0.29) is 11.9 Å². The molecule has 0 spiro atoms. The lowest BCUT2D eigenvalue weighted by Crippen LogP contribution is -2.48. The second-order valence-corrected chi connectivity index (χ2v) is 13.1. The van der Waals surface area contributed by atoms with Gasteiger partial charge >= 0.3 is 0 Å². The normalized spacial score (nSPS) is 16.2. The predicted molar refractivity (Wildman–Crippen MR) is 200 cm³/mol. The van der Waals surface area contributed by atoms with E-state index in [0.717, 1.165) is 75.8 Å². The Morgan fingerprint density at radius 3 is 2.35 bits per heavy atom. The lowest BCUT2D eigenvalue weighted by Gasteiger charge is -2.37. The zero-order chi connectivity index (χ0) is 33.5. The number of nitrogens with zero attached hydrogens (tertiary/aromatic N) is 3. The number of anilines is 2. The van der Waals surface area contributed by atoms with Crippen molar-refractivity contribution < 1.29 is 9.23 Å². The molecule has 2 atom stereocenters. The molecule has 3 aromatic carbocycles. The molecule has 46 heavy (non-hydrogen) atoms. The number of halogens is 1. The molecular weight excluding hydrogens is 590 g/mol. The highest BCUT2D eigenvalue weighted by atomic mass is 31.0. The molecule has 0 saturated carbocycles. The molecule has 1 saturated heterocycles. The maximum absolute atomic E-state index is 13.7. The molecule has 0 radical (unpaired) electrons. The third kappa shape index (κ3) is 11.4. The molecule has 1 fully saturated rings. The third-order valence-electron chi connectivity index (χ3n) is 8.48. The van der Waals surface area contributed by atoms with E-state index in [1.165, 1.54) is 34.2 Å². The molecule has 0 amide bonds. The quantitative estimate of drug-likeness (QED) is 0.211. The highest BCUT2D eigenvalue weighted by molar-refractivity contribution is 7.27. The minimum absolute atomic E-state index is 0.163. The second-order valence-electron chi connectivity index (χ2n) is 12.5. The Hall–Kier alpha value is -2.95. The van der Waals surface area contributed by atoms with Gasteiger partial charge in [-0.15, -0.1) is 9.24 Å². The van der Waals surface area contributed by atoms with Crippen LogP contribution in [0.5, 0.6) is 0 Å². The van der Waals surface area contributed by atoms with Crippen LogP contribution < -0.4 is 15.5 Å². The monoisotopic (exact) mass is 648 g/mol. The van der Waals surface area contributed by atoms with Crippen LogP contribution in [0.3, 0.4) is 0 Å². The van der Waals surface area contributed by atoms with E-state index in [9.17, 15) is 4.39 Å². The van der Waals surface area contributed by atoms with Crippen LogP contribution in [0.2, 0.25) is 0 Å². The lowest BCUT2D eigenvalue weighted by atomic mass is 10.0. The summed E-state index contributed by atoms with van der Waals surface area (Å²) in [4.78, 5) is 10.6. The summed E-state index contributed by atoms with van der Waals surface area (Å²) in [5, 5.41) is 8.38. The first-order chi connectivity index (χ1) is 22.3. The van der Waals surface area contributed by atoms with Crippen molar-refractivity contribution in [3.63, 3.8) is 0 Å². The summed E-state index contributed by atoms with van der Waals surface area (Å²) in [6, 6.07) is 20.4. The molecule has 2 heterocycles. The van der Waals surface area contributed by atoms with Crippen LogP contribution in [0, 0.1) is 18.7 Å². The standard InChI is InChI=1S/C20H31N3O.C17H21FNP.C2H6/c1-4-18-14-19(24-21-18)15-22-9-11-23(12-10-22)20-8-6-5-7-17(20)13-16(2)3;1-3-5-13-8-9-14(10-12(13)2)19-11-15-16(18)6-4-7-17(15)20;1-2/h5-8,16,19H,4,9-15H2,1-3H3;4,6-10,19H,3,5,11,20H2,1-2H3;1-2H3. The van der Waals surface area contributed by atoms with E-state index >= 15 is 0 Å². The second kappa shape index (κ2) is 19.7. The first kappa shape index (κ1) is 37.5. The molecule has 2 unspecified atom stereocenters. The Balaban J connectivity index is 0.000000241. The van der Waals surface area contributed by atoms with Crippen LogP contribution >= 0.6 is 9.24 Å². The van der Waals surface area contributed by atoms with Gasteiger partial charge in [0.1, 0.15) is 11.9 Å². The van der Waals surface area contributed by atoms with Crippen molar-refractivity contribution in [2.75, 3.05) is 42.9 Å². The van der Waals surface area contributed by atoms with Crippen molar-refractivity contribution in [2.45, 2.75) is 93.2 Å². The van der Waals surface area contributed by atoms with Crippen LogP contribution in [0.4, 0.5) is 15.8 Å². The van der Waals surface area contributed by atoms with E-state index in [4.69, 9.17) is 4.84 Å². The topological polar surface area (TPSA) is 40.1 Å². The van der Waals surface area contributed by atoms with Crippen molar-refractivity contribution in [2.24, 2.45) is 11.1 Å². The zero-order valence-electron chi connectivity index (χ0n) is 29.4. The SMILES string of the molecule is CC.CCC1=NOC(CN2CCN(c3ccccc3CC(C)C)CC2)C1.CCCc1ccc(NCc2c(F)cccc2P)cc1C. The predicted octanol–water partition coefficient (Wildman–Crippen LogP) is 8.79. The van der Waals surface area contributed by atoms with E-state index in [0.29, 0.717) is 18.0 Å². The fourth-order valence-electron chi connectivity index (χ4n) is 5.99. The van der Waals surface area contributed by atoms with Gasteiger partial charge in [-0.25, -0.2) is 4.39 Å². The highest BCUT2D eigenvalue weighted by Crippen LogP contribution is 2.25. The molecule has 7 heteroatoms. The highest BCUT2D eigenvalue weighted by Gasteiger charge is 2.25. The van der Waals surface area contributed by atoms with Gasteiger partial charge in [0.2, 0.25) is 0 Å². The molecule has 5 nitrogen and oxygen atoms in total. The minimum atomic E-state index is -0.163. The van der Waals surface area contributed by atoms with Gasteiger partial charge in [0, 0.05) is 62.6 Å². The van der Waals surface area contributed by atoms with Gasteiger partial charge < -0.3 is 15.1 Å². The summed E-state index contributed by atoms with van der Waals surface area (Å²) in [6.45, 7) is 21.0. The van der Waals surface area contributed by atoms with Crippen LogP contribution in [0.15, 0.2) is 65.8 Å². The summed E-state index contributed by atoms with van der Waals surface area (Å²) in [5.41, 5.74) is 8.54. The first-order valence-corrected chi connectivity index (χ1v) is 18.0. The van der Waals surface area contributed by atoms with E-state index in [1.807, 2.05) is 19.9 Å². The summed E-state index contributed by atoms with van der Waals surface area (Å²) >= 11 is 0. The average molecular weight is 649 g/mol. The van der Waals surface area contributed by atoms with Gasteiger partial charge in [-0.1, -0.05) is 89.5 Å². The summed E-state index contributed by atoms with van der Waals surface area (Å²) < 4.78 is 13.7. The van der Waals surface area contributed by atoms with Crippen LogP contribution in [0.1, 0.15) is 83.1 Å². The van der Waals surface area contributed by atoms with Gasteiger partial charge in [-0.2, -0.15) is 0 Å². The number of rotatable bonds is 11. The summed E-state index contributed by atoms with van der Waals surface area (Å²) in [5.74, 6) is 0.532. The molecule has 1 N–H and O–H groups in total. The maximum atomic E-state index is 13.7. The smallest absolute Gasteiger partial charge is 0.145 e. The van der Waals surface area contributed by atoms with Crippen LogP contribution in [0.25, 0.3) is 0 Å². The molecule has 3 aromatic rings. The Kier molecular flexibility index (Phi) is 16.0. The van der Waals surface area contributed by atoms with E-state index in [2.05, 4.69) is 107 Å².